The van der Waals surface area contributed by atoms with Gasteiger partial charge in [0, 0.05) is 0 Å². The quantitative estimate of drug-likeness (QED) is 0.861. The van der Waals surface area contributed by atoms with Crippen LogP contribution in [0.2, 0.25) is 0 Å². The van der Waals surface area contributed by atoms with Gasteiger partial charge in [-0.3, -0.25) is 0 Å². The molecule has 0 spiro atoms. The van der Waals surface area contributed by atoms with E-state index < -0.39 is 15.9 Å². The van der Waals surface area contributed by atoms with Crippen LogP contribution >= 0.6 is 0 Å². The molecule has 0 aliphatic heterocycles. The highest BCUT2D eigenvalue weighted by molar-refractivity contribution is 7.91. The molecule has 1 unspecified atom stereocenters. The number of hydrogen-bond donors (Lipinski definition) is 1. The molecule has 0 amide bonds. The first-order valence-electron chi connectivity index (χ1n) is 6.27. The number of rotatable bonds is 5. The van der Waals surface area contributed by atoms with Crippen LogP contribution in [0.5, 0.6) is 0 Å². The van der Waals surface area contributed by atoms with E-state index in [0.717, 1.165) is 5.56 Å². The third-order valence-corrected chi connectivity index (χ3v) is 4.50. The SMILES string of the molecule is O=S(=O)(C/C=C/C(O)c1ccccc1)c1ccccc1. The smallest absolute Gasteiger partial charge is 0.181 e. The van der Waals surface area contributed by atoms with Crippen molar-refractivity contribution in [2.45, 2.75) is 11.0 Å². The lowest BCUT2D eigenvalue weighted by Gasteiger charge is -2.05. The predicted octanol–water partition coefficient (Wildman–Crippen LogP) is 2.75. The van der Waals surface area contributed by atoms with Gasteiger partial charge < -0.3 is 5.11 Å². The second kappa shape index (κ2) is 6.50. The summed E-state index contributed by atoms with van der Waals surface area (Å²) in [6, 6.07) is 17.4. The van der Waals surface area contributed by atoms with E-state index in [9.17, 15) is 13.5 Å². The van der Waals surface area contributed by atoms with E-state index in [1.807, 2.05) is 18.2 Å². The molecule has 0 aromatic heterocycles. The third kappa shape index (κ3) is 3.79. The number of aliphatic hydroxyl groups excluding tert-OH is 1. The van der Waals surface area contributed by atoms with Crippen LogP contribution in [0.3, 0.4) is 0 Å². The van der Waals surface area contributed by atoms with Gasteiger partial charge in [0.25, 0.3) is 0 Å². The van der Waals surface area contributed by atoms with Crippen LogP contribution in [-0.4, -0.2) is 19.3 Å². The number of benzene rings is 2. The lowest BCUT2D eigenvalue weighted by atomic mass is 10.1. The molecule has 0 heterocycles. The van der Waals surface area contributed by atoms with Crippen molar-refractivity contribution in [2.24, 2.45) is 0 Å². The summed E-state index contributed by atoms with van der Waals surface area (Å²) in [5.74, 6) is -0.124. The average Bonchev–Trinajstić information content (AvgIpc) is 2.49. The Morgan fingerprint density at radius 3 is 2.10 bits per heavy atom. The molecule has 1 atom stereocenters. The van der Waals surface area contributed by atoms with E-state index >= 15 is 0 Å². The standard InChI is InChI=1S/C16H16O3S/c17-16(14-8-3-1-4-9-14)12-7-13-20(18,19)15-10-5-2-6-11-15/h1-12,16-17H,13H2/b12-7+. The van der Waals surface area contributed by atoms with Crippen molar-refractivity contribution in [1.29, 1.82) is 0 Å². The molecule has 104 valence electrons. The van der Waals surface area contributed by atoms with Gasteiger partial charge in [0.1, 0.15) is 0 Å². The summed E-state index contributed by atoms with van der Waals surface area (Å²) in [4.78, 5) is 0.291. The van der Waals surface area contributed by atoms with Crippen molar-refractivity contribution >= 4 is 9.84 Å². The van der Waals surface area contributed by atoms with E-state index in [1.165, 1.54) is 12.2 Å². The Kier molecular flexibility index (Phi) is 4.71. The zero-order valence-corrected chi connectivity index (χ0v) is 11.7. The molecule has 0 aliphatic carbocycles. The van der Waals surface area contributed by atoms with Crippen molar-refractivity contribution in [1.82, 2.24) is 0 Å². The Morgan fingerprint density at radius 1 is 0.950 bits per heavy atom. The van der Waals surface area contributed by atoms with Gasteiger partial charge in [-0.1, -0.05) is 60.7 Å². The summed E-state index contributed by atoms with van der Waals surface area (Å²) >= 11 is 0. The van der Waals surface area contributed by atoms with Crippen molar-refractivity contribution in [3.05, 3.63) is 78.4 Å². The van der Waals surface area contributed by atoms with Gasteiger partial charge >= 0.3 is 0 Å². The minimum Gasteiger partial charge on any atom is -0.384 e. The molecule has 0 fully saturated rings. The van der Waals surface area contributed by atoms with E-state index in [-0.39, 0.29) is 5.75 Å². The molecule has 0 saturated heterocycles. The maximum absolute atomic E-state index is 12.0. The molecule has 0 radical (unpaired) electrons. The average molecular weight is 288 g/mol. The molecule has 0 saturated carbocycles. The highest BCUT2D eigenvalue weighted by Crippen LogP contribution is 2.15. The fraction of sp³-hybridized carbons (Fsp3) is 0.125. The van der Waals surface area contributed by atoms with Crippen LogP contribution in [0.1, 0.15) is 11.7 Å². The highest BCUT2D eigenvalue weighted by Gasteiger charge is 2.11. The van der Waals surface area contributed by atoms with Crippen LogP contribution in [-0.2, 0) is 9.84 Å². The lowest BCUT2D eigenvalue weighted by molar-refractivity contribution is 0.228. The van der Waals surface area contributed by atoms with Crippen molar-refractivity contribution in [2.75, 3.05) is 5.75 Å². The first-order chi connectivity index (χ1) is 9.59. The zero-order valence-electron chi connectivity index (χ0n) is 10.9. The number of hydrogen-bond acceptors (Lipinski definition) is 3. The molecule has 0 aliphatic rings. The Morgan fingerprint density at radius 2 is 1.50 bits per heavy atom. The van der Waals surface area contributed by atoms with Crippen molar-refractivity contribution in [3.63, 3.8) is 0 Å². The van der Waals surface area contributed by atoms with Crippen LogP contribution in [0, 0.1) is 0 Å². The van der Waals surface area contributed by atoms with Gasteiger partial charge in [0.15, 0.2) is 9.84 Å². The summed E-state index contributed by atoms with van der Waals surface area (Å²) in [5, 5.41) is 9.91. The minimum atomic E-state index is -3.34. The van der Waals surface area contributed by atoms with Crippen molar-refractivity contribution in [3.8, 4) is 0 Å². The third-order valence-electron chi connectivity index (χ3n) is 2.88. The van der Waals surface area contributed by atoms with Crippen molar-refractivity contribution < 1.29 is 13.5 Å². The maximum Gasteiger partial charge on any atom is 0.181 e. The Balaban J connectivity index is 2.03. The van der Waals surface area contributed by atoms with Gasteiger partial charge in [-0.15, -0.1) is 0 Å². The lowest BCUT2D eigenvalue weighted by Crippen LogP contribution is -2.04. The summed E-state index contributed by atoms with van der Waals surface area (Å²) in [6.07, 6.45) is 2.19. The van der Waals surface area contributed by atoms with Crippen LogP contribution in [0.4, 0.5) is 0 Å². The molecule has 20 heavy (non-hydrogen) atoms. The molecule has 2 rings (SSSR count). The summed E-state index contributed by atoms with van der Waals surface area (Å²) in [7, 11) is -3.34. The molecular weight excluding hydrogens is 272 g/mol. The van der Waals surface area contributed by atoms with E-state index in [2.05, 4.69) is 0 Å². The van der Waals surface area contributed by atoms with Gasteiger partial charge in [-0.2, -0.15) is 0 Å². The van der Waals surface area contributed by atoms with Gasteiger partial charge in [0.2, 0.25) is 0 Å². The van der Waals surface area contributed by atoms with Crippen LogP contribution in [0.25, 0.3) is 0 Å². The Labute approximate surface area is 119 Å². The molecular formula is C16H16O3S. The van der Waals surface area contributed by atoms with E-state index in [4.69, 9.17) is 0 Å². The summed E-state index contributed by atoms with van der Waals surface area (Å²) in [6.45, 7) is 0. The number of aliphatic hydroxyl groups is 1. The molecule has 4 heteroatoms. The van der Waals surface area contributed by atoms with Gasteiger partial charge in [-0.25, -0.2) is 8.42 Å². The molecule has 2 aromatic rings. The minimum absolute atomic E-state index is 0.124. The molecule has 1 N–H and O–H groups in total. The second-order valence-electron chi connectivity index (χ2n) is 4.38. The Bertz CT molecular complexity index is 661. The van der Waals surface area contributed by atoms with Crippen LogP contribution < -0.4 is 0 Å². The Hall–Kier alpha value is -1.91. The monoisotopic (exact) mass is 288 g/mol. The van der Waals surface area contributed by atoms with E-state index in [1.54, 1.807) is 42.5 Å². The van der Waals surface area contributed by atoms with Crippen LogP contribution in [0.15, 0.2) is 77.7 Å². The van der Waals surface area contributed by atoms with E-state index in [0.29, 0.717) is 4.90 Å². The number of sulfone groups is 1. The second-order valence-corrected chi connectivity index (χ2v) is 6.41. The highest BCUT2D eigenvalue weighted by atomic mass is 32.2. The molecule has 3 nitrogen and oxygen atoms in total. The topological polar surface area (TPSA) is 54.4 Å². The first kappa shape index (κ1) is 14.5. The van der Waals surface area contributed by atoms with Gasteiger partial charge in [0.05, 0.1) is 16.8 Å². The molecule has 0 bridgehead atoms. The largest absolute Gasteiger partial charge is 0.384 e. The maximum atomic E-state index is 12.0. The zero-order chi connectivity index (χ0) is 14.4. The predicted molar refractivity (Wildman–Crippen MR) is 79.0 cm³/mol. The van der Waals surface area contributed by atoms with Gasteiger partial charge in [-0.05, 0) is 17.7 Å². The fourth-order valence-electron chi connectivity index (χ4n) is 1.80. The fourth-order valence-corrected chi connectivity index (χ4v) is 2.93. The molecule has 2 aromatic carbocycles. The normalized spacial score (nSPS) is 13.4. The summed E-state index contributed by atoms with van der Waals surface area (Å²) < 4.78 is 24.0. The summed E-state index contributed by atoms with van der Waals surface area (Å²) in [5.41, 5.74) is 0.737. The first-order valence-corrected chi connectivity index (χ1v) is 7.92.